The fraction of sp³-hybridized carbons (Fsp3) is 0.240. The molecule has 0 bridgehead atoms. The molecular weight excluding hydrogens is 472 g/mol. The molecule has 186 valence electrons. The number of hydrogen-bond donors (Lipinski definition) is 2. The van der Waals surface area contributed by atoms with Gasteiger partial charge in [-0.05, 0) is 12.1 Å². The Morgan fingerprint density at radius 2 is 1.70 bits per heavy atom. The maximum atomic E-state index is 12.7. The molecule has 0 aliphatic carbocycles. The van der Waals surface area contributed by atoms with E-state index in [9.17, 15) is 9.59 Å². The van der Waals surface area contributed by atoms with E-state index in [2.05, 4.69) is 45.1 Å². The van der Waals surface area contributed by atoms with Crippen molar-refractivity contribution in [3.8, 4) is 0 Å². The minimum Gasteiger partial charge on any atom is -0.360 e. The number of hydrogen-bond acceptors (Lipinski definition) is 9. The van der Waals surface area contributed by atoms with E-state index in [1.54, 1.807) is 29.5 Å². The minimum atomic E-state index is -0.656. The molecule has 5 heterocycles. The zero-order valence-corrected chi connectivity index (χ0v) is 19.9. The summed E-state index contributed by atoms with van der Waals surface area (Å²) in [5.74, 6) is 0.320. The summed E-state index contributed by atoms with van der Waals surface area (Å²) in [6, 6.07) is 9.19. The van der Waals surface area contributed by atoms with Gasteiger partial charge in [-0.2, -0.15) is 5.10 Å². The Hall–Kier alpha value is -4.87. The molecule has 0 unspecified atom stereocenters. The number of anilines is 2. The van der Waals surface area contributed by atoms with Crippen LogP contribution in [-0.4, -0.2) is 79.1 Å². The molecule has 0 saturated carbocycles. The number of rotatable bonds is 7. The number of para-hydroxylation sites is 1. The van der Waals surface area contributed by atoms with Crippen molar-refractivity contribution < 1.29 is 9.59 Å². The number of H-pyrrole nitrogens is 1. The Balaban J connectivity index is 1.09. The van der Waals surface area contributed by atoms with Crippen molar-refractivity contribution in [3.05, 3.63) is 67.0 Å². The van der Waals surface area contributed by atoms with Gasteiger partial charge in [-0.25, -0.2) is 24.6 Å². The smallest absolute Gasteiger partial charge is 0.292 e. The third kappa shape index (κ3) is 4.33. The van der Waals surface area contributed by atoms with Gasteiger partial charge in [-0.3, -0.25) is 9.59 Å². The van der Waals surface area contributed by atoms with Crippen LogP contribution in [0.3, 0.4) is 0 Å². The fourth-order valence-electron chi connectivity index (χ4n) is 4.61. The van der Waals surface area contributed by atoms with Crippen molar-refractivity contribution in [2.24, 2.45) is 0 Å². The normalized spacial score (nSPS) is 13.8. The van der Waals surface area contributed by atoms with E-state index < -0.39 is 11.7 Å². The molecule has 6 rings (SSSR count). The fourth-order valence-corrected chi connectivity index (χ4v) is 4.61. The lowest BCUT2D eigenvalue weighted by Crippen LogP contribution is -2.47. The number of Topliss-reactive ketones (excluding diaryl/α,β-unsaturated/α-hetero) is 1. The van der Waals surface area contributed by atoms with Gasteiger partial charge in [0, 0.05) is 62.2 Å². The van der Waals surface area contributed by atoms with Crippen LogP contribution >= 0.6 is 0 Å². The number of piperazine rings is 1. The largest absolute Gasteiger partial charge is 0.360 e. The molecule has 0 radical (unpaired) electrons. The highest BCUT2D eigenvalue weighted by Crippen LogP contribution is 2.24. The predicted octanol–water partition coefficient (Wildman–Crippen LogP) is 1.42. The van der Waals surface area contributed by atoms with Gasteiger partial charge in [0.25, 0.3) is 11.7 Å². The van der Waals surface area contributed by atoms with Crippen molar-refractivity contribution in [2.75, 3.05) is 42.5 Å². The Bertz CT molecular complexity index is 1570. The SMILES string of the molecule is O=C(NCCn1ncc2c(N3CCN(c4ncccn4)CC3)ncnc21)C(=O)c1c[nH]c2ccccc12. The van der Waals surface area contributed by atoms with E-state index >= 15 is 0 Å². The van der Waals surface area contributed by atoms with E-state index in [0.717, 1.165) is 54.2 Å². The number of benzene rings is 1. The van der Waals surface area contributed by atoms with Gasteiger partial charge in [-0.15, -0.1) is 0 Å². The van der Waals surface area contributed by atoms with Gasteiger partial charge < -0.3 is 20.1 Å². The van der Waals surface area contributed by atoms with Gasteiger partial charge in [0.15, 0.2) is 5.65 Å². The molecule has 12 nitrogen and oxygen atoms in total. The van der Waals surface area contributed by atoms with Gasteiger partial charge in [-0.1, -0.05) is 18.2 Å². The Morgan fingerprint density at radius 3 is 2.54 bits per heavy atom. The number of carbonyl (C=O) groups excluding carboxylic acids is 2. The second kappa shape index (κ2) is 9.64. The summed E-state index contributed by atoms with van der Waals surface area (Å²) < 4.78 is 1.71. The molecule has 1 fully saturated rings. The van der Waals surface area contributed by atoms with Crippen LogP contribution in [0.25, 0.3) is 21.9 Å². The summed E-state index contributed by atoms with van der Waals surface area (Å²) in [6.45, 7) is 3.69. The van der Waals surface area contributed by atoms with E-state index in [-0.39, 0.29) is 6.54 Å². The average molecular weight is 497 g/mol. The van der Waals surface area contributed by atoms with Crippen molar-refractivity contribution >= 4 is 45.4 Å². The Morgan fingerprint density at radius 1 is 0.919 bits per heavy atom. The van der Waals surface area contributed by atoms with E-state index in [1.165, 1.54) is 6.33 Å². The summed E-state index contributed by atoms with van der Waals surface area (Å²) >= 11 is 0. The van der Waals surface area contributed by atoms with Gasteiger partial charge in [0.05, 0.1) is 23.7 Å². The lowest BCUT2D eigenvalue weighted by molar-refractivity contribution is -0.117. The van der Waals surface area contributed by atoms with Crippen LogP contribution in [-0.2, 0) is 11.3 Å². The van der Waals surface area contributed by atoms with Crippen molar-refractivity contribution in [3.63, 3.8) is 0 Å². The maximum absolute atomic E-state index is 12.7. The first-order chi connectivity index (χ1) is 18.2. The molecule has 2 N–H and O–H groups in total. The molecule has 0 spiro atoms. The third-order valence-electron chi connectivity index (χ3n) is 6.48. The molecule has 4 aromatic heterocycles. The lowest BCUT2D eigenvalue weighted by atomic mass is 10.1. The number of nitrogens with one attached hydrogen (secondary N) is 2. The first-order valence-electron chi connectivity index (χ1n) is 12.0. The van der Waals surface area contributed by atoms with E-state index in [0.29, 0.717) is 17.8 Å². The van der Waals surface area contributed by atoms with Crippen LogP contribution < -0.4 is 15.1 Å². The zero-order chi connectivity index (χ0) is 25.2. The first-order valence-corrected chi connectivity index (χ1v) is 12.0. The standard InChI is InChI=1S/C25H24N10O2/c36-21(18-14-29-20-5-2-1-4-17(18)20)24(37)26-8-9-35-23-19(15-32-35)22(30-16-31-23)33-10-12-34(13-11-33)25-27-6-3-7-28-25/h1-7,14-16,29H,8-13H2,(H,26,37). The molecule has 12 heteroatoms. The third-order valence-corrected chi connectivity index (χ3v) is 6.48. The Kier molecular flexibility index (Phi) is 5.89. The quantitative estimate of drug-likeness (QED) is 0.253. The number of carbonyl (C=O) groups is 2. The summed E-state index contributed by atoms with van der Waals surface area (Å²) in [5, 5.41) is 8.73. The van der Waals surface area contributed by atoms with Crippen LogP contribution in [0.15, 0.2) is 61.4 Å². The molecule has 37 heavy (non-hydrogen) atoms. The molecule has 1 aliphatic heterocycles. The number of ketones is 1. The monoisotopic (exact) mass is 496 g/mol. The summed E-state index contributed by atoms with van der Waals surface area (Å²) in [4.78, 5) is 50.2. The van der Waals surface area contributed by atoms with Crippen LogP contribution in [0.5, 0.6) is 0 Å². The van der Waals surface area contributed by atoms with Gasteiger partial charge >= 0.3 is 0 Å². The number of amides is 1. The van der Waals surface area contributed by atoms with Gasteiger partial charge in [0.1, 0.15) is 12.1 Å². The van der Waals surface area contributed by atoms with Crippen molar-refractivity contribution in [1.29, 1.82) is 0 Å². The number of aromatic amines is 1. The maximum Gasteiger partial charge on any atom is 0.292 e. The van der Waals surface area contributed by atoms with Crippen LogP contribution in [0.2, 0.25) is 0 Å². The number of aromatic nitrogens is 7. The van der Waals surface area contributed by atoms with E-state index in [1.807, 2.05) is 30.3 Å². The summed E-state index contributed by atoms with van der Waals surface area (Å²) in [7, 11) is 0. The minimum absolute atomic E-state index is 0.235. The average Bonchev–Trinajstić information content (AvgIpc) is 3.58. The number of nitrogens with zero attached hydrogens (tertiary/aromatic N) is 8. The lowest BCUT2D eigenvalue weighted by Gasteiger charge is -2.35. The Labute approximate surface area is 211 Å². The molecule has 1 aliphatic rings. The predicted molar refractivity (Wildman–Crippen MR) is 137 cm³/mol. The molecule has 1 saturated heterocycles. The zero-order valence-electron chi connectivity index (χ0n) is 19.9. The topological polar surface area (TPSA) is 138 Å². The van der Waals surface area contributed by atoms with E-state index in [4.69, 9.17) is 0 Å². The molecule has 1 aromatic carbocycles. The highest BCUT2D eigenvalue weighted by molar-refractivity contribution is 6.44. The highest BCUT2D eigenvalue weighted by atomic mass is 16.2. The molecule has 1 amide bonds. The molecule has 0 atom stereocenters. The van der Waals surface area contributed by atoms with Crippen LogP contribution in [0, 0.1) is 0 Å². The number of fused-ring (bicyclic) bond motifs is 2. The second-order valence-electron chi connectivity index (χ2n) is 8.66. The summed E-state index contributed by atoms with van der Waals surface area (Å²) in [5.41, 5.74) is 1.84. The summed E-state index contributed by atoms with van der Waals surface area (Å²) in [6.07, 6.45) is 8.34. The highest BCUT2D eigenvalue weighted by Gasteiger charge is 2.23. The molecule has 5 aromatic rings. The van der Waals surface area contributed by atoms with Gasteiger partial charge in [0.2, 0.25) is 5.95 Å². The van der Waals surface area contributed by atoms with Crippen LogP contribution in [0.1, 0.15) is 10.4 Å². The van der Waals surface area contributed by atoms with Crippen molar-refractivity contribution in [1.82, 2.24) is 40.0 Å². The first kappa shape index (κ1) is 22.6. The van der Waals surface area contributed by atoms with Crippen LogP contribution in [0.4, 0.5) is 11.8 Å². The second-order valence-corrected chi connectivity index (χ2v) is 8.66. The van der Waals surface area contributed by atoms with Crippen molar-refractivity contribution in [2.45, 2.75) is 6.54 Å². The molecular formula is C25H24N10O2.